The molecule has 1 aromatic carbocycles. The van der Waals surface area contributed by atoms with Crippen LogP contribution < -0.4 is 0 Å². The van der Waals surface area contributed by atoms with Crippen molar-refractivity contribution in [2.75, 3.05) is 6.61 Å². The second kappa shape index (κ2) is 6.06. The zero-order chi connectivity index (χ0) is 13.1. The van der Waals surface area contributed by atoms with E-state index in [1.165, 1.54) is 31.2 Å². The molecule has 19 heavy (non-hydrogen) atoms. The van der Waals surface area contributed by atoms with Crippen molar-refractivity contribution in [1.82, 2.24) is 0 Å². The monoisotopic (exact) mass is 260 g/mol. The second-order valence-electron chi connectivity index (χ2n) is 5.98. The minimum atomic E-state index is -0.293. The van der Waals surface area contributed by atoms with E-state index < -0.39 is 0 Å². The standard InChI is InChI=1S/C17H24O2/c18-17(9-3-5-14-6-4-12-19-14)16-8-2-1-7-15(16)13-10-11-13/h1-2,7-8,13-14,17-18H,3-6,9-12H2. The van der Waals surface area contributed by atoms with Crippen LogP contribution in [0.15, 0.2) is 24.3 Å². The van der Waals surface area contributed by atoms with Gasteiger partial charge in [0.05, 0.1) is 12.2 Å². The van der Waals surface area contributed by atoms with Crippen molar-refractivity contribution in [3.05, 3.63) is 35.4 Å². The maximum Gasteiger partial charge on any atom is 0.0792 e. The normalized spacial score (nSPS) is 24.6. The Labute approximate surface area is 115 Å². The van der Waals surface area contributed by atoms with Crippen LogP contribution in [0, 0.1) is 0 Å². The number of benzene rings is 1. The van der Waals surface area contributed by atoms with E-state index in [9.17, 15) is 5.11 Å². The quantitative estimate of drug-likeness (QED) is 0.839. The Hall–Kier alpha value is -0.860. The summed E-state index contributed by atoms with van der Waals surface area (Å²) >= 11 is 0. The van der Waals surface area contributed by atoms with Gasteiger partial charge in [0.1, 0.15) is 0 Å². The zero-order valence-electron chi connectivity index (χ0n) is 11.6. The SMILES string of the molecule is OC(CCCC1CCCO1)c1ccccc1C1CC1. The predicted octanol–water partition coefficient (Wildman–Crippen LogP) is 3.95. The highest BCUT2D eigenvalue weighted by molar-refractivity contribution is 5.34. The fourth-order valence-corrected chi connectivity index (χ4v) is 3.15. The molecule has 1 saturated carbocycles. The summed E-state index contributed by atoms with van der Waals surface area (Å²) in [5.74, 6) is 0.712. The molecule has 2 aliphatic rings. The van der Waals surface area contributed by atoms with Gasteiger partial charge in [-0.25, -0.2) is 0 Å². The summed E-state index contributed by atoms with van der Waals surface area (Å²) in [5, 5.41) is 10.4. The third-order valence-corrected chi connectivity index (χ3v) is 4.40. The highest BCUT2D eigenvalue weighted by Gasteiger charge is 2.27. The van der Waals surface area contributed by atoms with Gasteiger partial charge in [-0.1, -0.05) is 24.3 Å². The Bertz CT molecular complexity index is 405. The highest BCUT2D eigenvalue weighted by Crippen LogP contribution is 2.43. The average molecular weight is 260 g/mol. The topological polar surface area (TPSA) is 29.5 Å². The van der Waals surface area contributed by atoms with Crippen LogP contribution in [0.3, 0.4) is 0 Å². The predicted molar refractivity (Wildman–Crippen MR) is 76.2 cm³/mol. The first-order valence-corrected chi connectivity index (χ1v) is 7.73. The summed E-state index contributed by atoms with van der Waals surface area (Å²) in [6, 6.07) is 8.43. The number of ether oxygens (including phenoxy) is 1. The van der Waals surface area contributed by atoms with Gasteiger partial charge in [0.2, 0.25) is 0 Å². The van der Waals surface area contributed by atoms with Crippen molar-refractivity contribution in [2.24, 2.45) is 0 Å². The van der Waals surface area contributed by atoms with Crippen LogP contribution in [0.4, 0.5) is 0 Å². The first kappa shape index (κ1) is 13.1. The molecule has 0 spiro atoms. The maximum atomic E-state index is 10.4. The van der Waals surface area contributed by atoms with Gasteiger partial charge in [-0.05, 0) is 62.0 Å². The van der Waals surface area contributed by atoms with Crippen molar-refractivity contribution in [3.8, 4) is 0 Å². The molecule has 2 atom stereocenters. The largest absolute Gasteiger partial charge is 0.388 e. The van der Waals surface area contributed by atoms with Crippen LogP contribution in [-0.2, 0) is 4.74 Å². The van der Waals surface area contributed by atoms with Gasteiger partial charge >= 0.3 is 0 Å². The lowest BCUT2D eigenvalue weighted by Gasteiger charge is -2.16. The summed E-state index contributed by atoms with van der Waals surface area (Å²) in [4.78, 5) is 0. The molecule has 0 bridgehead atoms. The molecule has 1 aliphatic carbocycles. The van der Waals surface area contributed by atoms with E-state index in [1.54, 1.807) is 0 Å². The minimum absolute atomic E-state index is 0.293. The van der Waals surface area contributed by atoms with Crippen molar-refractivity contribution in [2.45, 2.75) is 63.1 Å². The van der Waals surface area contributed by atoms with Gasteiger partial charge in [-0.15, -0.1) is 0 Å². The van der Waals surface area contributed by atoms with E-state index in [2.05, 4.69) is 18.2 Å². The molecule has 1 heterocycles. The summed E-state index contributed by atoms with van der Waals surface area (Å²) in [6.45, 7) is 0.928. The van der Waals surface area contributed by atoms with Gasteiger partial charge in [-0.2, -0.15) is 0 Å². The van der Waals surface area contributed by atoms with E-state index in [1.807, 2.05) is 6.07 Å². The summed E-state index contributed by atoms with van der Waals surface area (Å²) in [7, 11) is 0. The van der Waals surface area contributed by atoms with Crippen LogP contribution in [0.25, 0.3) is 0 Å². The van der Waals surface area contributed by atoms with Gasteiger partial charge in [0.25, 0.3) is 0 Å². The Morgan fingerprint density at radius 1 is 1.21 bits per heavy atom. The Morgan fingerprint density at radius 2 is 2.05 bits per heavy atom. The first-order valence-electron chi connectivity index (χ1n) is 7.73. The van der Waals surface area contributed by atoms with Crippen molar-refractivity contribution >= 4 is 0 Å². The number of hydrogen-bond donors (Lipinski definition) is 1. The number of aliphatic hydroxyl groups excluding tert-OH is 1. The Morgan fingerprint density at radius 3 is 2.79 bits per heavy atom. The van der Waals surface area contributed by atoms with Crippen molar-refractivity contribution in [3.63, 3.8) is 0 Å². The van der Waals surface area contributed by atoms with E-state index in [0.29, 0.717) is 12.0 Å². The molecule has 1 saturated heterocycles. The summed E-state index contributed by atoms with van der Waals surface area (Å²) in [6.07, 6.45) is 8.17. The van der Waals surface area contributed by atoms with Crippen LogP contribution >= 0.6 is 0 Å². The lowest BCUT2D eigenvalue weighted by atomic mass is 9.95. The van der Waals surface area contributed by atoms with Crippen LogP contribution in [0.2, 0.25) is 0 Å². The zero-order valence-corrected chi connectivity index (χ0v) is 11.6. The summed E-state index contributed by atoms with van der Waals surface area (Å²) < 4.78 is 5.63. The third-order valence-electron chi connectivity index (χ3n) is 4.40. The van der Waals surface area contributed by atoms with E-state index >= 15 is 0 Å². The molecule has 104 valence electrons. The van der Waals surface area contributed by atoms with Gasteiger partial charge in [0, 0.05) is 6.61 Å². The van der Waals surface area contributed by atoms with Gasteiger partial charge in [-0.3, -0.25) is 0 Å². The highest BCUT2D eigenvalue weighted by atomic mass is 16.5. The van der Waals surface area contributed by atoms with Crippen LogP contribution in [-0.4, -0.2) is 17.8 Å². The number of aliphatic hydroxyl groups is 1. The fourth-order valence-electron chi connectivity index (χ4n) is 3.15. The van der Waals surface area contributed by atoms with Crippen LogP contribution in [0.1, 0.15) is 68.1 Å². The molecule has 0 radical (unpaired) electrons. The molecule has 3 rings (SSSR count). The van der Waals surface area contributed by atoms with Crippen molar-refractivity contribution in [1.29, 1.82) is 0 Å². The lowest BCUT2D eigenvalue weighted by Crippen LogP contribution is -2.07. The number of hydrogen-bond acceptors (Lipinski definition) is 2. The number of rotatable bonds is 6. The summed E-state index contributed by atoms with van der Waals surface area (Å²) in [5.41, 5.74) is 2.55. The molecule has 0 amide bonds. The molecule has 2 fully saturated rings. The Kier molecular flexibility index (Phi) is 4.19. The maximum absolute atomic E-state index is 10.4. The first-order chi connectivity index (χ1) is 9.34. The van der Waals surface area contributed by atoms with Crippen LogP contribution in [0.5, 0.6) is 0 Å². The third kappa shape index (κ3) is 3.37. The molecular weight excluding hydrogens is 236 g/mol. The lowest BCUT2D eigenvalue weighted by molar-refractivity contribution is 0.0943. The van der Waals surface area contributed by atoms with E-state index in [4.69, 9.17) is 4.74 Å². The molecule has 2 heteroatoms. The van der Waals surface area contributed by atoms with E-state index in [-0.39, 0.29) is 6.10 Å². The molecule has 1 N–H and O–H groups in total. The molecule has 1 aromatic rings. The van der Waals surface area contributed by atoms with Gasteiger partial charge < -0.3 is 9.84 Å². The van der Waals surface area contributed by atoms with Crippen molar-refractivity contribution < 1.29 is 9.84 Å². The molecule has 2 nitrogen and oxygen atoms in total. The molecule has 0 aromatic heterocycles. The molecular formula is C17H24O2. The fraction of sp³-hybridized carbons (Fsp3) is 0.647. The Balaban J connectivity index is 1.53. The van der Waals surface area contributed by atoms with Gasteiger partial charge in [0.15, 0.2) is 0 Å². The smallest absolute Gasteiger partial charge is 0.0792 e. The second-order valence-corrected chi connectivity index (χ2v) is 5.98. The molecule has 1 aliphatic heterocycles. The minimum Gasteiger partial charge on any atom is -0.388 e. The average Bonchev–Trinajstić information content (AvgIpc) is 3.16. The van der Waals surface area contributed by atoms with E-state index in [0.717, 1.165) is 31.4 Å². The molecule has 2 unspecified atom stereocenters.